The van der Waals surface area contributed by atoms with Gasteiger partial charge in [0.2, 0.25) is 5.89 Å². The zero-order valence-corrected chi connectivity index (χ0v) is 12.7. The minimum Gasteiger partial charge on any atom is -0.441 e. The standard InChI is InChI=1S/C12H13NO.2C2H6/c1-8-4-6-11(7-5-8)12-13-9(2)10(3)14-12;2*1-2/h4-7H,1-3H3;2*1-2H3. The van der Waals surface area contributed by atoms with E-state index in [0.717, 1.165) is 17.0 Å². The average Bonchev–Trinajstić information content (AvgIpc) is 2.75. The predicted molar refractivity (Wildman–Crippen MR) is 78.8 cm³/mol. The molecule has 0 unspecified atom stereocenters. The third kappa shape index (κ3) is 4.36. The van der Waals surface area contributed by atoms with Crippen molar-refractivity contribution in [3.05, 3.63) is 41.3 Å². The molecule has 0 aliphatic heterocycles. The summed E-state index contributed by atoms with van der Waals surface area (Å²) in [5.41, 5.74) is 3.24. The molecule has 0 aliphatic rings. The van der Waals surface area contributed by atoms with Crippen molar-refractivity contribution in [2.24, 2.45) is 0 Å². The first-order valence-corrected chi connectivity index (χ1v) is 6.68. The summed E-state index contributed by atoms with van der Waals surface area (Å²) in [6, 6.07) is 8.18. The summed E-state index contributed by atoms with van der Waals surface area (Å²) in [6.07, 6.45) is 0. The third-order valence-electron chi connectivity index (χ3n) is 2.33. The number of nitrogens with zero attached hydrogens (tertiary/aromatic N) is 1. The highest BCUT2D eigenvalue weighted by molar-refractivity contribution is 5.54. The molecule has 1 heterocycles. The fraction of sp³-hybridized carbons (Fsp3) is 0.438. The lowest BCUT2D eigenvalue weighted by atomic mass is 10.1. The number of hydrogen-bond donors (Lipinski definition) is 0. The highest BCUT2D eigenvalue weighted by atomic mass is 16.4. The van der Waals surface area contributed by atoms with E-state index in [-0.39, 0.29) is 0 Å². The van der Waals surface area contributed by atoms with E-state index in [9.17, 15) is 0 Å². The summed E-state index contributed by atoms with van der Waals surface area (Å²) in [4.78, 5) is 4.34. The van der Waals surface area contributed by atoms with E-state index < -0.39 is 0 Å². The second-order valence-corrected chi connectivity index (χ2v) is 3.53. The van der Waals surface area contributed by atoms with Crippen LogP contribution in [0, 0.1) is 20.8 Å². The molecule has 2 nitrogen and oxygen atoms in total. The van der Waals surface area contributed by atoms with Crippen LogP contribution in [0.25, 0.3) is 11.5 Å². The quantitative estimate of drug-likeness (QED) is 0.681. The Morgan fingerprint density at radius 3 is 1.72 bits per heavy atom. The monoisotopic (exact) mass is 247 g/mol. The SMILES string of the molecule is CC.CC.Cc1ccc(-c2nc(C)c(C)o2)cc1. The Morgan fingerprint density at radius 1 is 0.833 bits per heavy atom. The maximum atomic E-state index is 5.53. The van der Waals surface area contributed by atoms with Gasteiger partial charge in [-0.05, 0) is 32.9 Å². The van der Waals surface area contributed by atoms with Gasteiger partial charge >= 0.3 is 0 Å². The zero-order valence-electron chi connectivity index (χ0n) is 12.7. The van der Waals surface area contributed by atoms with E-state index in [1.165, 1.54) is 5.56 Å². The van der Waals surface area contributed by atoms with E-state index >= 15 is 0 Å². The van der Waals surface area contributed by atoms with Crippen molar-refractivity contribution < 1.29 is 4.42 Å². The van der Waals surface area contributed by atoms with Crippen molar-refractivity contribution in [3.8, 4) is 11.5 Å². The smallest absolute Gasteiger partial charge is 0.226 e. The van der Waals surface area contributed by atoms with E-state index in [1.807, 2.05) is 53.7 Å². The maximum absolute atomic E-state index is 5.53. The van der Waals surface area contributed by atoms with Crippen LogP contribution in [0.3, 0.4) is 0 Å². The molecule has 0 bridgehead atoms. The highest BCUT2D eigenvalue weighted by Crippen LogP contribution is 2.21. The first-order valence-electron chi connectivity index (χ1n) is 6.68. The third-order valence-corrected chi connectivity index (χ3v) is 2.33. The molecule has 18 heavy (non-hydrogen) atoms. The molecule has 2 rings (SSSR count). The second-order valence-electron chi connectivity index (χ2n) is 3.53. The number of aryl methyl sites for hydroxylation is 3. The summed E-state index contributed by atoms with van der Waals surface area (Å²) in [6.45, 7) is 14.0. The summed E-state index contributed by atoms with van der Waals surface area (Å²) < 4.78 is 5.53. The molecule has 0 atom stereocenters. The van der Waals surface area contributed by atoms with Crippen LogP contribution in [0.1, 0.15) is 44.7 Å². The van der Waals surface area contributed by atoms with Gasteiger partial charge in [0.15, 0.2) is 0 Å². The van der Waals surface area contributed by atoms with Crippen molar-refractivity contribution >= 4 is 0 Å². The average molecular weight is 247 g/mol. The molecule has 2 aromatic rings. The Kier molecular flexibility index (Phi) is 7.77. The molecule has 100 valence electrons. The lowest BCUT2D eigenvalue weighted by molar-refractivity contribution is 0.541. The van der Waals surface area contributed by atoms with E-state index in [1.54, 1.807) is 0 Å². The van der Waals surface area contributed by atoms with Gasteiger partial charge in [0, 0.05) is 5.56 Å². The molecular weight excluding hydrogens is 222 g/mol. The van der Waals surface area contributed by atoms with E-state index in [4.69, 9.17) is 4.42 Å². The van der Waals surface area contributed by atoms with Crippen molar-refractivity contribution in [2.45, 2.75) is 48.5 Å². The zero-order chi connectivity index (χ0) is 14.1. The maximum Gasteiger partial charge on any atom is 0.226 e. The van der Waals surface area contributed by atoms with Gasteiger partial charge in [-0.1, -0.05) is 45.4 Å². The Labute approximate surface area is 111 Å². The van der Waals surface area contributed by atoms with Gasteiger partial charge in [-0.2, -0.15) is 0 Å². The molecule has 0 fully saturated rings. The number of aromatic nitrogens is 1. The molecule has 0 saturated carbocycles. The van der Waals surface area contributed by atoms with E-state index in [2.05, 4.69) is 24.0 Å². The molecule has 0 aliphatic carbocycles. The van der Waals surface area contributed by atoms with Crippen molar-refractivity contribution in [2.75, 3.05) is 0 Å². The molecular formula is C16H25NO. The lowest BCUT2D eigenvalue weighted by Gasteiger charge is -1.95. The van der Waals surface area contributed by atoms with Gasteiger partial charge in [0.25, 0.3) is 0 Å². The number of benzene rings is 1. The van der Waals surface area contributed by atoms with Crippen LogP contribution >= 0.6 is 0 Å². The van der Waals surface area contributed by atoms with Crippen LogP contribution in [-0.4, -0.2) is 4.98 Å². The Balaban J connectivity index is 0.000000659. The molecule has 0 amide bonds. The van der Waals surface area contributed by atoms with Crippen LogP contribution in [0.2, 0.25) is 0 Å². The molecule has 0 spiro atoms. The van der Waals surface area contributed by atoms with E-state index in [0.29, 0.717) is 5.89 Å². The topological polar surface area (TPSA) is 26.0 Å². The lowest BCUT2D eigenvalue weighted by Crippen LogP contribution is -1.78. The molecule has 0 N–H and O–H groups in total. The van der Waals surface area contributed by atoms with Gasteiger partial charge in [-0.25, -0.2) is 4.98 Å². The van der Waals surface area contributed by atoms with Crippen molar-refractivity contribution in [1.82, 2.24) is 4.98 Å². The van der Waals surface area contributed by atoms with Gasteiger partial charge in [-0.15, -0.1) is 0 Å². The Morgan fingerprint density at radius 2 is 1.33 bits per heavy atom. The first-order chi connectivity index (χ1) is 8.66. The molecule has 1 aromatic heterocycles. The fourth-order valence-electron chi connectivity index (χ4n) is 1.29. The van der Waals surface area contributed by atoms with Crippen LogP contribution in [0.4, 0.5) is 0 Å². The van der Waals surface area contributed by atoms with Crippen LogP contribution in [-0.2, 0) is 0 Å². The fourth-order valence-corrected chi connectivity index (χ4v) is 1.29. The summed E-state index contributed by atoms with van der Waals surface area (Å²) in [7, 11) is 0. The van der Waals surface area contributed by atoms with Crippen molar-refractivity contribution in [3.63, 3.8) is 0 Å². The largest absolute Gasteiger partial charge is 0.441 e. The minimum atomic E-state index is 0.708. The Hall–Kier alpha value is -1.57. The summed E-state index contributed by atoms with van der Waals surface area (Å²) in [5, 5.41) is 0. The van der Waals surface area contributed by atoms with Gasteiger partial charge in [0.1, 0.15) is 5.76 Å². The van der Waals surface area contributed by atoms with Gasteiger partial charge in [-0.3, -0.25) is 0 Å². The number of rotatable bonds is 1. The Bertz CT molecular complexity index is 421. The number of oxazole rings is 1. The number of hydrogen-bond acceptors (Lipinski definition) is 2. The second kappa shape index (κ2) is 8.51. The molecule has 1 aromatic carbocycles. The van der Waals surface area contributed by atoms with Crippen LogP contribution in [0.15, 0.2) is 28.7 Å². The van der Waals surface area contributed by atoms with Crippen molar-refractivity contribution in [1.29, 1.82) is 0 Å². The van der Waals surface area contributed by atoms with Gasteiger partial charge < -0.3 is 4.42 Å². The molecule has 2 heteroatoms. The molecule has 0 radical (unpaired) electrons. The van der Waals surface area contributed by atoms with Crippen LogP contribution in [0.5, 0.6) is 0 Å². The minimum absolute atomic E-state index is 0.708. The summed E-state index contributed by atoms with van der Waals surface area (Å²) >= 11 is 0. The predicted octanol–water partition coefficient (Wildman–Crippen LogP) is 5.32. The van der Waals surface area contributed by atoms with Crippen LogP contribution < -0.4 is 0 Å². The normalized spacial score (nSPS) is 8.83. The summed E-state index contributed by atoms with van der Waals surface area (Å²) in [5.74, 6) is 1.60. The highest BCUT2D eigenvalue weighted by Gasteiger charge is 2.06. The first kappa shape index (κ1) is 16.4. The molecule has 0 saturated heterocycles. The van der Waals surface area contributed by atoms with Gasteiger partial charge in [0.05, 0.1) is 5.69 Å².